The fourth-order valence-corrected chi connectivity index (χ4v) is 4.71. The van der Waals surface area contributed by atoms with Gasteiger partial charge in [0, 0.05) is 11.6 Å². The monoisotopic (exact) mass is 507 g/mol. The van der Waals surface area contributed by atoms with Crippen LogP contribution in [0.2, 0.25) is 0 Å². The van der Waals surface area contributed by atoms with Gasteiger partial charge in [-0.1, -0.05) is 49.5 Å². The molecule has 0 spiro atoms. The van der Waals surface area contributed by atoms with Crippen LogP contribution in [0.25, 0.3) is 17.4 Å². The van der Waals surface area contributed by atoms with Crippen molar-refractivity contribution >= 4 is 51.9 Å². The van der Waals surface area contributed by atoms with E-state index in [4.69, 9.17) is 26.1 Å². The fraction of sp³-hybridized carbons (Fsp3) is 0.222. The SMILES string of the molecule is CCCCOC(=O)c1ccc(-c2ccc(/C=C3/SC(=S)N(c4ccc(OCC)cc4)C3=O)o2)cc1. The van der Waals surface area contributed by atoms with Crippen LogP contribution < -0.4 is 9.64 Å². The molecule has 1 fully saturated rings. The van der Waals surface area contributed by atoms with E-state index in [0.29, 0.717) is 45.2 Å². The van der Waals surface area contributed by atoms with E-state index in [0.717, 1.165) is 24.2 Å². The van der Waals surface area contributed by atoms with Gasteiger partial charge in [-0.15, -0.1) is 0 Å². The van der Waals surface area contributed by atoms with E-state index in [-0.39, 0.29) is 11.9 Å². The van der Waals surface area contributed by atoms with E-state index in [9.17, 15) is 9.59 Å². The standard InChI is InChI=1S/C27H25NO5S2/c1-3-5-16-32-26(30)19-8-6-18(7-9-19)23-15-14-22(33-23)17-24-25(29)28(27(34)35-24)20-10-12-21(13-11-20)31-4-2/h6-15,17H,3-5,16H2,1-2H3/b24-17+. The van der Waals surface area contributed by atoms with E-state index >= 15 is 0 Å². The van der Waals surface area contributed by atoms with Crippen molar-refractivity contribution in [3.63, 3.8) is 0 Å². The van der Waals surface area contributed by atoms with Gasteiger partial charge in [0.1, 0.15) is 17.3 Å². The highest BCUT2D eigenvalue weighted by molar-refractivity contribution is 8.27. The number of nitrogens with zero attached hydrogens (tertiary/aromatic N) is 1. The third-order valence-corrected chi connectivity index (χ3v) is 6.54. The van der Waals surface area contributed by atoms with Crippen molar-refractivity contribution in [1.29, 1.82) is 0 Å². The maximum Gasteiger partial charge on any atom is 0.338 e. The first-order valence-corrected chi connectivity index (χ1v) is 12.6. The highest BCUT2D eigenvalue weighted by atomic mass is 32.2. The molecule has 2 aromatic carbocycles. The highest BCUT2D eigenvalue weighted by Crippen LogP contribution is 2.37. The molecule has 35 heavy (non-hydrogen) atoms. The number of carbonyl (C=O) groups is 2. The van der Waals surface area contributed by atoms with Crippen LogP contribution in [0.3, 0.4) is 0 Å². The number of unbranched alkanes of at least 4 members (excludes halogenated alkanes) is 1. The number of carbonyl (C=O) groups excluding carboxylic acids is 2. The summed E-state index contributed by atoms with van der Waals surface area (Å²) >= 11 is 6.68. The Kier molecular flexibility index (Phi) is 8.05. The van der Waals surface area contributed by atoms with Crippen molar-refractivity contribution in [2.75, 3.05) is 18.1 Å². The first-order chi connectivity index (χ1) is 17.0. The fourth-order valence-electron chi connectivity index (χ4n) is 3.43. The summed E-state index contributed by atoms with van der Waals surface area (Å²) in [7, 11) is 0. The van der Waals surface area contributed by atoms with E-state index < -0.39 is 0 Å². The zero-order chi connectivity index (χ0) is 24.8. The molecule has 0 aliphatic carbocycles. The third-order valence-electron chi connectivity index (χ3n) is 5.24. The highest BCUT2D eigenvalue weighted by Gasteiger charge is 2.33. The number of thiocarbonyl (C=S) groups is 1. The minimum atomic E-state index is -0.334. The second-order valence-corrected chi connectivity index (χ2v) is 9.39. The topological polar surface area (TPSA) is 69.0 Å². The van der Waals surface area contributed by atoms with Gasteiger partial charge in [0.2, 0.25) is 0 Å². The van der Waals surface area contributed by atoms with Crippen LogP contribution in [-0.2, 0) is 9.53 Å². The molecule has 180 valence electrons. The van der Waals surface area contributed by atoms with Gasteiger partial charge in [-0.05, 0) is 61.9 Å². The van der Waals surface area contributed by atoms with Crippen molar-refractivity contribution in [2.45, 2.75) is 26.7 Å². The van der Waals surface area contributed by atoms with E-state index in [1.807, 2.05) is 56.3 Å². The molecule has 4 rings (SSSR count). The average Bonchev–Trinajstić information content (AvgIpc) is 3.44. The van der Waals surface area contributed by atoms with Gasteiger partial charge in [-0.2, -0.15) is 0 Å². The summed E-state index contributed by atoms with van der Waals surface area (Å²) in [6.07, 6.45) is 3.51. The van der Waals surface area contributed by atoms with Crippen molar-refractivity contribution in [1.82, 2.24) is 0 Å². The van der Waals surface area contributed by atoms with Crippen LogP contribution >= 0.6 is 24.0 Å². The Bertz CT molecular complexity index is 1250. The number of furan rings is 1. The van der Waals surface area contributed by atoms with Crippen LogP contribution in [0.1, 0.15) is 42.8 Å². The van der Waals surface area contributed by atoms with Crippen LogP contribution in [0, 0.1) is 0 Å². The Morgan fingerprint density at radius 1 is 1.06 bits per heavy atom. The van der Waals surface area contributed by atoms with Gasteiger partial charge in [0.25, 0.3) is 5.91 Å². The molecule has 1 aromatic heterocycles. The number of hydrogen-bond acceptors (Lipinski definition) is 7. The molecule has 0 N–H and O–H groups in total. The van der Waals surface area contributed by atoms with Crippen molar-refractivity contribution in [3.8, 4) is 17.1 Å². The molecular weight excluding hydrogens is 482 g/mol. The molecule has 0 saturated carbocycles. The van der Waals surface area contributed by atoms with Gasteiger partial charge in [0.05, 0.1) is 29.4 Å². The van der Waals surface area contributed by atoms with Crippen LogP contribution in [-0.4, -0.2) is 29.4 Å². The Hall–Kier alpha value is -3.36. The zero-order valence-corrected chi connectivity index (χ0v) is 21.1. The second-order valence-electron chi connectivity index (χ2n) is 7.71. The number of anilines is 1. The molecule has 0 unspecified atom stereocenters. The van der Waals surface area contributed by atoms with Gasteiger partial charge in [-0.25, -0.2) is 4.79 Å². The summed E-state index contributed by atoms with van der Waals surface area (Å²) in [6, 6.07) is 17.9. The Morgan fingerprint density at radius 3 is 2.49 bits per heavy atom. The normalized spacial score (nSPS) is 14.6. The minimum absolute atomic E-state index is 0.201. The van der Waals surface area contributed by atoms with Crippen LogP contribution in [0.4, 0.5) is 5.69 Å². The lowest BCUT2D eigenvalue weighted by Gasteiger charge is -2.15. The predicted octanol–water partition coefficient (Wildman–Crippen LogP) is 6.71. The number of thioether (sulfide) groups is 1. The summed E-state index contributed by atoms with van der Waals surface area (Å²) in [6.45, 7) is 4.96. The minimum Gasteiger partial charge on any atom is -0.494 e. The Labute approximate surface area is 213 Å². The molecule has 0 bridgehead atoms. The molecule has 3 aromatic rings. The smallest absolute Gasteiger partial charge is 0.338 e. The summed E-state index contributed by atoms with van der Waals surface area (Å²) in [5.74, 6) is 1.37. The van der Waals surface area contributed by atoms with E-state index in [1.165, 1.54) is 16.7 Å². The quantitative estimate of drug-likeness (QED) is 0.138. The van der Waals surface area contributed by atoms with Crippen LogP contribution in [0.5, 0.6) is 5.75 Å². The lowest BCUT2D eigenvalue weighted by Crippen LogP contribution is -2.27. The Balaban J connectivity index is 1.45. The van der Waals surface area contributed by atoms with Crippen LogP contribution in [0.15, 0.2) is 70.0 Å². The largest absolute Gasteiger partial charge is 0.494 e. The molecule has 6 nitrogen and oxygen atoms in total. The van der Waals surface area contributed by atoms with E-state index in [2.05, 4.69) is 0 Å². The number of rotatable bonds is 9. The van der Waals surface area contributed by atoms with E-state index in [1.54, 1.807) is 24.3 Å². The average molecular weight is 508 g/mol. The number of benzene rings is 2. The molecular formula is C27H25NO5S2. The Morgan fingerprint density at radius 2 is 1.80 bits per heavy atom. The maximum atomic E-state index is 13.0. The van der Waals surface area contributed by atoms with Crippen molar-refractivity contribution in [3.05, 3.63) is 76.9 Å². The lowest BCUT2D eigenvalue weighted by atomic mass is 10.1. The molecule has 2 heterocycles. The second kappa shape index (κ2) is 11.4. The number of esters is 1. The maximum absolute atomic E-state index is 13.0. The van der Waals surface area contributed by atoms with Gasteiger partial charge in [0.15, 0.2) is 4.32 Å². The lowest BCUT2D eigenvalue weighted by molar-refractivity contribution is -0.113. The molecule has 0 radical (unpaired) electrons. The summed E-state index contributed by atoms with van der Waals surface area (Å²) in [5, 5.41) is 0. The zero-order valence-electron chi connectivity index (χ0n) is 19.5. The van der Waals surface area contributed by atoms with Gasteiger partial charge in [-0.3, -0.25) is 9.69 Å². The molecule has 1 saturated heterocycles. The van der Waals surface area contributed by atoms with Crippen molar-refractivity contribution < 1.29 is 23.5 Å². The summed E-state index contributed by atoms with van der Waals surface area (Å²) < 4.78 is 17.1. The third kappa shape index (κ3) is 5.83. The molecule has 0 atom stereocenters. The molecule has 1 aliphatic rings. The molecule has 1 amide bonds. The van der Waals surface area contributed by atoms with Crippen molar-refractivity contribution in [2.24, 2.45) is 0 Å². The molecule has 1 aliphatic heterocycles. The molecule has 8 heteroatoms. The first kappa shape index (κ1) is 24.8. The van der Waals surface area contributed by atoms with Gasteiger partial charge >= 0.3 is 5.97 Å². The summed E-state index contributed by atoms with van der Waals surface area (Å²) in [4.78, 5) is 27.1. The first-order valence-electron chi connectivity index (χ1n) is 11.4. The van der Waals surface area contributed by atoms with Gasteiger partial charge < -0.3 is 13.9 Å². The predicted molar refractivity (Wildman–Crippen MR) is 143 cm³/mol. The summed E-state index contributed by atoms with van der Waals surface area (Å²) in [5.41, 5.74) is 2.00. The number of amides is 1. The number of hydrogen-bond donors (Lipinski definition) is 0. The number of ether oxygens (including phenoxy) is 2.